The molecule has 0 radical (unpaired) electrons. The third kappa shape index (κ3) is 1.41. The minimum atomic E-state index is -0.953. The molecule has 0 bridgehead atoms. The highest BCUT2D eigenvalue weighted by molar-refractivity contribution is 6.01. The highest BCUT2D eigenvalue weighted by atomic mass is 19.1. The van der Waals surface area contributed by atoms with E-state index in [2.05, 4.69) is 0 Å². The highest BCUT2D eigenvalue weighted by Gasteiger charge is 2.20. The molecule has 0 spiro atoms. The number of ketones is 1. The Bertz CT molecular complexity index is 533. The molecule has 1 heterocycles. The second-order valence-electron chi connectivity index (χ2n) is 3.01. The largest absolute Gasteiger partial charge is 0.464 e. The van der Waals surface area contributed by atoms with Crippen molar-refractivity contribution >= 4 is 16.8 Å². The Balaban J connectivity index is 2.78. The van der Waals surface area contributed by atoms with E-state index in [9.17, 15) is 13.6 Å². The number of halogens is 2. The van der Waals surface area contributed by atoms with Crippen LogP contribution in [0.3, 0.4) is 0 Å². The summed E-state index contributed by atoms with van der Waals surface area (Å²) in [5, 5.41) is 0.0770. The van der Waals surface area contributed by atoms with Crippen LogP contribution in [0.15, 0.2) is 22.8 Å². The summed E-state index contributed by atoms with van der Waals surface area (Å²) >= 11 is 0. The Morgan fingerprint density at radius 3 is 2.87 bits per heavy atom. The number of hydrogen-bond acceptors (Lipinski definition) is 3. The molecular formula is C10H7F2NO2. The zero-order valence-electron chi connectivity index (χ0n) is 7.59. The molecule has 1 aromatic heterocycles. The van der Waals surface area contributed by atoms with Crippen molar-refractivity contribution in [2.75, 3.05) is 6.54 Å². The van der Waals surface area contributed by atoms with E-state index in [4.69, 9.17) is 10.2 Å². The van der Waals surface area contributed by atoms with E-state index in [0.717, 1.165) is 6.07 Å². The van der Waals surface area contributed by atoms with Crippen molar-refractivity contribution in [2.24, 2.45) is 5.73 Å². The van der Waals surface area contributed by atoms with E-state index in [-0.39, 0.29) is 11.0 Å². The predicted molar refractivity (Wildman–Crippen MR) is 49.5 cm³/mol. The van der Waals surface area contributed by atoms with Gasteiger partial charge in [0, 0.05) is 6.07 Å². The Morgan fingerprint density at radius 2 is 2.20 bits per heavy atom. The van der Waals surface area contributed by atoms with Crippen LogP contribution in [0.5, 0.6) is 0 Å². The molecule has 0 aliphatic rings. The molecule has 0 atom stereocenters. The van der Waals surface area contributed by atoms with Crippen LogP contribution in [0.1, 0.15) is 10.4 Å². The first-order chi connectivity index (χ1) is 7.15. The lowest BCUT2D eigenvalue weighted by Gasteiger charge is -2.02. The maximum Gasteiger partial charge on any atom is 0.182 e. The van der Waals surface area contributed by atoms with E-state index in [0.29, 0.717) is 0 Å². The zero-order valence-corrected chi connectivity index (χ0v) is 7.59. The third-order valence-electron chi connectivity index (χ3n) is 2.11. The topological polar surface area (TPSA) is 56.2 Å². The first-order valence-corrected chi connectivity index (χ1v) is 4.23. The van der Waals surface area contributed by atoms with Gasteiger partial charge in [0.1, 0.15) is 17.2 Å². The fraction of sp³-hybridized carbons (Fsp3) is 0.100. The van der Waals surface area contributed by atoms with Gasteiger partial charge in [-0.25, -0.2) is 8.78 Å². The summed E-state index contributed by atoms with van der Waals surface area (Å²) in [7, 11) is 0. The molecule has 0 fully saturated rings. The molecule has 5 heteroatoms. The van der Waals surface area contributed by atoms with Crippen LogP contribution in [-0.4, -0.2) is 12.3 Å². The standard InChI is InChI=1S/C10H7F2NO2/c11-6-3-8-5(1-2-15-8)10(12)9(6)7(14)4-13/h1-3H,4,13H2. The highest BCUT2D eigenvalue weighted by Crippen LogP contribution is 2.24. The van der Waals surface area contributed by atoms with Gasteiger partial charge < -0.3 is 10.2 Å². The average Bonchev–Trinajstić information content (AvgIpc) is 2.65. The van der Waals surface area contributed by atoms with E-state index in [1.54, 1.807) is 0 Å². The lowest BCUT2D eigenvalue weighted by atomic mass is 10.1. The van der Waals surface area contributed by atoms with Gasteiger partial charge in [0.05, 0.1) is 23.8 Å². The molecule has 2 rings (SSSR count). The average molecular weight is 211 g/mol. The number of benzene rings is 1. The van der Waals surface area contributed by atoms with Gasteiger partial charge in [0.15, 0.2) is 5.78 Å². The smallest absolute Gasteiger partial charge is 0.182 e. The van der Waals surface area contributed by atoms with Crippen LogP contribution in [-0.2, 0) is 0 Å². The molecule has 2 aromatic rings. The van der Waals surface area contributed by atoms with Gasteiger partial charge in [-0.2, -0.15) is 0 Å². The van der Waals surface area contributed by atoms with Crippen molar-refractivity contribution in [3.8, 4) is 0 Å². The predicted octanol–water partition coefficient (Wildman–Crippen LogP) is 1.85. The number of hydrogen-bond donors (Lipinski definition) is 1. The van der Waals surface area contributed by atoms with Gasteiger partial charge in [-0.1, -0.05) is 0 Å². The summed E-state index contributed by atoms with van der Waals surface area (Å²) in [4.78, 5) is 11.2. The summed E-state index contributed by atoms with van der Waals surface area (Å²) in [5.74, 6) is -2.65. The molecule has 0 saturated heterocycles. The van der Waals surface area contributed by atoms with Gasteiger partial charge >= 0.3 is 0 Å². The van der Waals surface area contributed by atoms with E-state index in [1.165, 1.54) is 12.3 Å². The summed E-state index contributed by atoms with van der Waals surface area (Å²) < 4.78 is 31.8. The number of carbonyl (C=O) groups is 1. The van der Waals surface area contributed by atoms with E-state index < -0.39 is 29.5 Å². The van der Waals surface area contributed by atoms with Crippen molar-refractivity contribution in [3.05, 3.63) is 35.6 Å². The third-order valence-corrected chi connectivity index (χ3v) is 2.11. The van der Waals surface area contributed by atoms with Crippen LogP contribution in [0.2, 0.25) is 0 Å². The number of fused-ring (bicyclic) bond motifs is 1. The lowest BCUT2D eigenvalue weighted by Crippen LogP contribution is -2.17. The molecule has 0 aliphatic carbocycles. The summed E-state index contributed by atoms with van der Waals surface area (Å²) in [5.41, 5.74) is 4.52. The van der Waals surface area contributed by atoms with Gasteiger partial charge in [-0.3, -0.25) is 4.79 Å². The van der Waals surface area contributed by atoms with Gasteiger partial charge in [0.2, 0.25) is 0 Å². The minimum Gasteiger partial charge on any atom is -0.464 e. The molecule has 0 unspecified atom stereocenters. The number of Topliss-reactive ketones (excluding diaryl/α,β-unsaturated/α-hetero) is 1. The first kappa shape index (κ1) is 9.79. The molecule has 2 N–H and O–H groups in total. The number of furan rings is 1. The molecule has 15 heavy (non-hydrogen) atoms. The molecule has 3 nitrogen and oxygen atoms in total. The minimum absolute atomic E-state index is 0.0681. The fourth-order valence-corrected chi connectivity index (χ4v) is 1.40. The zero-order chi connectivity index (χ0) is 11.0. The summed E-state index contributed by atoms with van der Waals surface area (Å²) in [6.07, 6.45) is 1.23. The summed E-state index contributed by atoms with van der Waals surface area (Å²) in [6.45, 7) is -0.433. The van der Waals surface area contributed by atoms with Crippen molar-refractivity contribution < 1.29 is 18.0 Å². The lowest BCUT2D eigenvalue weighted by molar-refractivity contribution is 0.0994. The van der Waals surface area contributed by atoms with Crippen molar-refractivity contribution in [2.45, 2.75) is 0 Å². The monoisotopic (exact) mass is 211 g/mol. The normalized spacial score (nSPS) is 10.9. The number of nitrogens with two attached hydrogens (primary N) is 1. The summed E-state index contributed by atoms with van der Waals surface area (Å²) in [6, 6.07) is 2.30. The maximum absolute atomic E-state index is 13.6. The van der Waals surface area contributed by atoms with Gasteiger partial charge in [0.25, 0.3) is 0 Å². The molecule has 0 saturated carbocycles. The van der Waals surface area contributed by atoms with E-state index >= 15 is 0 Å². The van der Waals surface area contributed by atoms with Gasteiger partial charge in [-0.15, -0.1) is 0 Å². The first-order valence-electron chi connectivity index (χ1n) is 4.23. The molecule has 1 aromatic carbocycles. The van der Waals surface area contributed by atoms with Crippen molar-refractivity contribution in [1.82, 2.24) is 0 Å². The Kier molecular flexibility index (Phi) is 2.24. The van der Waals surface area contributed by atoms with Crippen LogP contribution < -0.4 is 5.73 Å². The molecule has 0 aliphatic heterocycles. The molecular weight excluding hydrogens is 204 g/mol. The van der Waals surface area contributed by atoms with Crippen LogP contribution in [0, 0.1) is 11.6 Å². The van der Waals surface area contributed by atoms with E-state index in [1.807, 2.05) is 0 Å². The van der Waals surface area contributed by atoms with Gasteiger partial charge in [-0.05, 0) is 6.07 Å². The van der Waals surface area contributed by atoms with Crippen molar-refractivity contribution in [3.63, 3.8) is 0 Å². The number of rotatable bonds is 2. The maximum atomic E-state index is 13.6. The Labute approximate surface area is 83.5 Å². The Morgan fingerprint density at radius 1 is 1.47 bits per heavy atom. The Hall–Kier alpha value is -1.75. The SMILES string of the molecule is NCC(=O)c1c(F)cc2occc2c1F. The fourth-order valence-electron chi connectivity index (χ4n) is 1.40. The quantitative estimate of drug-likeness (QED) is 0.771. The van der Waals surface area contributed by atoms with Crippen LogP contribution >= 0.6 is 0 Å². The van der Waals surface area contributed by atoms with Crippen molar-refractivity contribution in [1.29, 1.82) is 0 Å². The second kappa shape index (κ2) is 3.43. The molecule has 78 valence electrons. The van der Waals surface area contributed by atoms with Crippen LogP contribution in [0.25, 0.3) is 11.0 Å². The second-order valence-corrected chi connectivity index (χ2v) is 3.01. The number of carbonyl (C=O) groups excluding carboxylic acids is 1. The van der Waals surface area contributed by atoms with Crippen LogP contribution in [0.4, 0.5) is 8.78 Å². The molecule has 0 amide bonds.